The number of carbonyl (C=O) groups is 1. The Kier molecular flexibility index (Phi) is 6.13. The van der Waals surface area contributed by atoms with E-state index in [4.69, 9.17) is 23.2 Å². The predicted octanol–water partition coefficient (Wildman–Crippen LogP) is 4.54. The van der Waals surface area contributed by atoms with Crippen molar-refractivity contribution in [3.8, 4) is 0 Å². The van der Waals surface area contributed by atoms with E-state index in [0.29, 0.717) is 17.7 Å². The van der Waals surface area contributed by atoms with Crippen molar-refractivity contribution in [2.24, 2.45) is 0 Å². The molecular weight excluding hydrogens is 453 g/mol. The molecule has 0 saturated carbocycles. The highest BCUT2D eigenvalue weighted by molar-refractivity contribution is 6.43. The predicted molar refractivity (Wildman–Crippen MR) is 123 cm³/mol. The van der Waals surface area contributed by atoms with Gasteiger partial charge in [-0.2, -0.15) is 5.43 Å². The molecule has 0 aliphatic carbocycles. The van der Waals surface area contributed by atoms with Gasteiger partial charge in [-0.05, 0) is 35.9 Å². The van der Waals surface area contributed by atoms with Crippen LogP contribution >= 0.6 is 23.2 Å². The smallest absolute Gasteiger partial charge is 0.254 e. The number of hydrogen-bond acceptors (Lipinski definition) is 5. The molecule has 166 valence electrons. The molecule has 1 aliphatic heterocycles. The molecule has 1 fully saturated rings. The number of hydrogen-bond donors (Lipinski definition) is 4. The van der Waals surface area contributed by atoms with Crippen molar-refractivity contribution in [3.63, 3.8) is 0 Å². The number of β-amino-alcohol motifs (C(OH)–C–C–N with tert-alkyl or cyclic N) is 1. The molecule has 32 heavy (non-hydrogen) atoms. The van der Waals surface area contributed by atoms with E-state index >= 15 is 0 Å². The number of quaternary nitrogens is 1. The number of aliphatic hydroxyl groups is 1. The molecule has 4 rings (SSSR count). The summed E-state index contributed by atoms with van der Waals surface area (Å²) in [7, 11) is 0. The summed E-state index contributed by atoms with van der Waals surface area (Å²) >= 11 is 12.0. The van der Waals surface area contributed by atoms with E-state index in [9.17, 15) is 20.3 Å². The van der Waals surface area contributed by atoms with Crippen molar-refractivity contribution in [1.82, 2.24) is 9.82 Å². The van der Waals surface area contributed by atoms with Gasteiger partial charge in [-0.25, -0.2) is 0 Å². The molecule has 1 saturated heterocycles. The van der Waals surface area contributed by atoms with E-state index in [-0.39, 0.29) is 34.7 Å². The summed E-state index contributed by atoms with van der Waals surface area (Å²) in [5, 5.41) is 31.6. The van der Waals surface area contributed by atoms with Gasteiger partial charge in [0, 0.05) is 18.1 Å². The van der Waals surface area contributed by atoms with Crippen molar-refractivity contribution < 1.29 is 20.3 Å². The molecule has 0 atom stereocenters. The number of nitrogens with one attached hydrogen (secondary N) is 1. The zero-order valence-corrected chi connectivity index (χ0v) is 18.5. The third kappa shape index (κ3) is 4.73. The van der Waals surface area contributed by atoms with Crippen LogP contribution in [0.15, 0.2) is 72.8 Å². The summed E-state index contributed by atoms with van der Waals surface area (Å²) in [4.78, 5) is 12.6. The van der Waals surface area contributed by atoms with E-state index in [2.05, 4.69) is 5.43 Å². The normalized spacial score (nSPS) is 15.2. The van der Waals surface area contributed by atoms with Crippen LogP contribution in [0.3, 0.4) is 0 Å². The van der Waals surface area contributed by atoms with Crippen LogP contribution in [0, 0.1) is 0 Å². The minimum Gasteiger partial charge on any atom is -0.386 e. The monoisotopic (exact) mass is 474 g/mol. The lowest BCUT2D eigenvalue weighted by Crippen LogP contribution is -2.64. The molecule has 0 aromatic heterocycles. The van der Waals surface area contributed by atoms with Crippen LogP contribution in [0.1, 0.15) is 15.9 Å². The Labute approximate surface area is 195 Å². The molecule has 3 aromatic rings. The number of amides is 1. The topological polar surface area (TPSA) is 93.0 Å². The van der Waals surface area contributed by atoms with Gasteiger partial charge in [0.15, 0.2) is 0 Å². The molecule has 9 heteroatoms. The first-order valence-electron chi connectivity index (χ1n) is 9.90. The number of anilines is 1. The second kappa shape index (κ2) is 8.71. The van der Waals surface area contributed by atoms with Gasteiger partial charge in [0.05, 0.1) is 28.7 Å². The standard InChI is InChI=1S/C23H21Cl2N3O4/c24-19-7-4-8-20(21(19)25)28(31,32)26-18-11-9-17(10-12-18)22(29)27-14-23(30,15-27)13-16-5-2-1-3-6-16/h1-12,30-32H,13-15H2/p+1. The van der Waals surface area contributed by atoms with Gasteiger partial charge in [-0.3, -0.25) is 4.79 Å². The van der Waals surface area contributed by atoms with Crippen LogP contribution in [-0.4, -0.2) is 45.0 Å². The Morgan fingerprint density at radius 2 is 1.62 bits per heavy atom. The van der Waals surface area contributed by atoms with Gasteiger partial charge in [0.25, 0.3) is 5.91 Å². The highest BCUT2D eigenvalue weighted by Gasteiger charge is 2.43. The SMILES string of the molecule is O=C(c1ccc(N[N+](O)(O)c2cccc(Cl)c2Cl)cc1)N1CC(O)(Cc2ccccc2)C1. The molecule has 1 aliphatic rings. The number of carbonyl (C=O) groups excluding carboxylic acids is 1. The number of benzene rings is 3. The van der Waals surface area contributed by atoms with E-state index in [1.807, 2.05) is 30.3 Å². The van der Waals surface area contributed by atoms with Crippen molar-refractivity contribution in [2.75, 3.05) is 18.5 Å². The Morgan fingerprint density at radius 1 is 0.969 bits per heavy atom. The third-order valence-electron chi connectivity index (χ3n) is 5.32. The zero-order chi connectivity index (χ0) is 22.9. The summed E-state index contributed by atoms with van der Waals surface area (Å²) in [6.45, 7) is 0.503. The van der Waals surface area contributed by atoms with Crippen molar-refractivity contribution in [1.29, 1.82) is 0 Å². The zero-order valence-electron chi connectivity index (χ0n) is 16.9. The average molecular weight is 475 g/mol. The van der Waals surface area contributed by atoms with Crippen LogP contribution in [0.5, 0.6) is 0 Å². The van der Waals surface area contributed by atoms with Gasteiger partial charge in [-0.1, -0.05) is 59.6 Å². The van der Waals surface area contributed by atoms with Gasteiger partial charge in [0.1, 0.15) is 10.6 Å². The molecule has 0 bridgehead atoms. The van der Waals surface area contributed by atoms with Gasteiger partial charge < -0.3 is 10.0 Å². The van der Waals surface area contributed by atoms with Gasteiger partial charge in [0.2, 0.25) is 5.69 Å². The number of rotatable bonds is 6. The fourth-order valence-corrected chi connectivity index (χ4v) is 4.15. The number of nitrogens with zero attached hydrogens (tertiary/aromatic N) is 2. The highest BCUT2D eigenvalue weighted by Crippen LogP contribution is 2.34. The Balaban J connectivity index is 1.39. The molecule has 4 N–H and O–H groups in total. The molecule has 0 unspecified atom stereocenters. The van der Waals surface area contributed by atoms with Gasteiger partial charge >= 0.3 is 0 Å². The molecule has 0 radical (unpaired) electrons. The molecule has 3 aromatic carbocycles. The molecule has 0 spiro atoms. The van der Waals surface area contributed by atoms with Gasteiger partial charge in [-0.15, -0.1) is 10.4 Å². The van der Waals surface area contributed by atoms with E-state index in [1.54, 1.807) is 35.2 Å². The minimum absolute atomic E-state index is 0.000706. The fraction of sp³-hybridized carbons (Fsp3) is 0.174. The van der Waals surface area contributed by atoms with Crippen molar-refractivity contribution in [3.05, 3.63) is 94.0 Å². The highest BCUT2D eigenvalue weighted by atomic mass is 35.5. The first-order chi connectivity index (χ1) is 15.2. The number of likely N-dealkylation sites (tertiary alicyclic amines) is 1. The lowest BCUT2D eigenvalue weighted by Gasteiger charge is -2.46. The molecular formula is C23H22Cl2N3O4+. The van der Waals surface area contributed by atoms with Crippen LogP contribution in [-0.2, 0) is 6.42 Å². The summed E-state index contributed by atoms with van der Waals surface area (Å²) < 4.78 is 0. The van der Waals surface area contributed by atoms with Crippen LogP contribution in [0.25, 0.3) is 0 Å². The minimum atomic E-state index is -1.72. The maximum Gasteiger partial charge on any atom is 0.254 e. The van der Waals surface area contributed by atoms with E-state index in [1.165, 1.54) is 12.1 Å². The van der Waals surface area contributed by atoms with Crippen molar-refractivity contribution >= 4 is 40.5 Å². The summed E-state index contributed by atoms with van der Waals surface area (Å²) in [5.41, 5.74) is 3.30. The van der Waals surface area contributed by atoms with E-state index < -0.39 is 10.5 Å². The summed E-state index contributed by atoms with van der Waals surface area (Å²) in [5.74, 6) is -0.207. The van der Waals surface area contributed by atoms with Crippen LogP contribution in [0.4, 0.5) is 11.4 Å². The second-order valence-electron chi connectivity index (χ2n) is 7.91. The Hall–Kier alpha value is -2.65. The summed E-state index contributed by atoms with van der Waals surface area (Å²) in [6, 6.07) is 20.4. The quantitative estimate of drug-likeness (QED) is 0.311. The maximum atomic E-state index is 12.7. The van der Waals surface area contributed by atoms with Crippen molar-refractivity contribution in [2.45, 2.75) is 12.0 Å². The molecule has 7 nitrogen and oxygen atoms in total. The lowest BCUT2D eigenvalue weighted by molar-refractivity contribution is -0.272. The first kappa shape index (κ1) is 22.5. The number of halogens is 2. The van der Waals surface area contributed by atoms with E-state index in [0.717, 1.165) is 5.56 Å². The largest absolute Gasteiger partial charge is 0.386 e. The third-order valence-corrected chi connectivity index (χ3v) is 6.13. The van der Waals surface area contributed by atoms with Crippen LogP contribution in [0.2, 0.25) is 10.0 Å². The summed E-state index contributed by atoms with van der Waals surface area (Å²) in [6.07, 6.45) is 0.486. The first-order valence-corrected chi connectivity index (χ1v) is 10.7. The molecule has 1 heterocycles. The van der Waals surface area contributed by atoms with Crippen LogP contribution < -0.4 is 10.3 Å². The second-order valence-corrected chi connectivity index (χ2v) is 8.70. The Morgan fingerprint density at radius 3 is 2.28 bits per heavy atom. The fourth-order valence-electron chi connectivity index (χ4n) is 3.74. The maximum absolute atomic E-state index is 12.7. The Bertz CT molecular complexity index is 1120. The molecule has 1 amide bonds. The lowest BCUT2D eigenvalue weighted by atomic mass is 9.86. The average Bonchev–Trinajstić information content (AvgIpc) is 2.74.